The molecule has 1 heterocycles. The summed E-state index contributed by atoms with van der Waals surface area (Å²) < 4.78 is 11.5. The molecule has 1 aliphatic heterocycles. The van der Waals surface area contributed by atoms with E-state index in [0.29, 0.717) is 13.2 Å². The molecule has 0 amide bonds. The largest absolute Gasteiger partial charge is 0.391 e. The molecule has 104 valence electrons. The highest BCUT2D eigenvalue weighted by molar-refractivity contribution is 5.14. The number of hydrogen-bond donors (Lipinski definition) is 2. The molecule has 2 atom stereocenters. The van der Waals surface area contributed by atoms with Crippen molar-refractivity contribution in [2.45, 2.75) is 43.7 Å². The van der Waals surface area contributed by atoms with Gasteiger partial charge in [0.2, 0.25) is 0 Å². The summed E-state index contributed by atoms with van der Waals surface area (Å²) in [6.45, 7) is 2.10. The fraction of sp³-hybridized carbons (Fsp3) is 0.600. The number of ether oxygens (including phenoxy) is 2. The molecular weight excluding hydrogens is 242 g/mol. The van der Waals surface area contributed by atoms with Crippen molar-refractivity contribution in [1.29, 1.82) is 0 Å². The maximum atomic E-state index is 10.1. The predicted molar refractivity (Wildman–Crippen MR) is 71.6 cm³/mol. The normalized spacial score (nSPS) is 29.7. The van der Waals surface area contributed by atoms with Crippen molar-refractivity contribution in [2.24, 2.45) is 0 Å². The third-order valence-corrected chi connectivity index (χ3v) is 4.04. The topological polar surface area (TPSA) is 50.7 Å². The number of nitrogens with one attached hydrogen (secondary N) is 1. The highest BCUT2D eigenvalue weighted by Crippen LogP contribution is 2.36. The second-order valence-corrected chi connectivity index (χ2v) is 5.39. The van der Waals surface area contributed by atoms with Gasteiger partial charge in [0, 0.05) is 25.4 Å². The number of benzene rings is 1. The lowest BCUT2D eigenvalue weighted by Crippen LogP contribution is -2.51. The van der Waals surface area contributed by atoms with Crippen molar-refractivity contribution in [1.82, 2.24) is 5.32 Å². The van der Waals surface area contributed by atoms with Crippen LogP contribution in [-0.2, 0) is 16.0 Å². The molecule has 0 bridgehead atoms. The summed E-state index contributed by atoms with van der Waals surface area (Å²) >= 11 is 0. The van der Waals surface area contributed by atoms with Crippen LogP contribution in [-0.4, -0.2) is 36.3 Å². The lowest BCUT2D eigenvalue weighted by molar-refractivity contribution is -0.194. The van der Waals surface area contributed by atoms with Crippen LogP contribution in [0.25, 0.3) is 0 Å². The monoisotopic (exact) mass is 263 g/mol. The third-order valence-electron chi connectivity index (χ3n) is 4.04. The number of aliphatic hydroxyl groups excluding tert-OH is 1. The van der Waals surface area contributed by atoms with Gasteiger partial charge in [0.1, 0.15) is 0 Å². The standard InChI is InChI=1S/C15H21NO3/c17-14-6-7-15(18-8-9-19-15)10-13(14)16-11-12-4-2-1-3-5-12/h1-5,13-14,16-17H,6-11H2. The van der Waals surface area contributed by atoms with Gasteiger partial charge in [-0.25, -0.2) is 0 Å². The lowest BCUT2D eigenvalue weighted by atomic mass is 9.87. The Morgan fingerprint density at radius 1 is 1.21 bits per heavy atom. The van der Waals surface area contributed by atoms with Gasteiger partial charge in [0.15, 0.2) is 5.79 Å². The molecule has 2 aliphatic rings. The summed E-state index contributed by atoms with van der Waals surface area (Å²) in [5.41, 5.74) is 1.22. The minimum Gasteiger partial charge on any atom is -0.391 e. The molecule has 4 nitrogen and oxygen atoms in total. The van der Waals surface area contributed by atoms with Gasteiger partial charge in [-0.2, -0.15) is 0 Å². The van der Waals surface area contributed by atoms with Gasteiger partial charge in [-0.1, -0.05) is 30.3 Å². The Bertz CT molecular complexity index is 403. The first kappa shape index (κ1) is 13.1. The Hall–Kier alpha value is -0.940. The van der Waals surface area contributed by atoms with E-state index in [1.54, 1.807) is 0 Å². The molecule has 1 aromatic carbocycles. The fourth-order valence-electron chi connectivity index (χ4n) is 2.95. The highest BCUT2D eigenvalue weighted by Gasteiger charge is 2.44. The van der Waals surface area contributed by atoms with Crippen molar-refractivity contribution < 1.29 is 14.6 Å². The van der Waals surface area contributed by atoms with E-state index in [9.17, 15) is 5.11 Å². The molecular formula is C15H21NO3. The molecule has 2 N–H and O–H groups in total. The van der Waals surface area contributed by atoms with E-state index >= 15 is 0 Å². The van der Waals surface area contributed by atoms with Crippen LogP contribution in [0.1, 0.15) is 24.8 Å². The third kappa shape index (κ3) is 2.98. The zero-order valence-corrected chi connectivity index (χ0v) is 11.0. The first-order chi connectivity index (χ1) is 9.27. The maximum Gasteiger partial charge on any atom is 0.170 e. The zero-order valence-electron chi connectivity index (χ0n) is 11.0. The number of hydrogen-bond acceptors (Lipinski definition) is 4. The van der Waals surface area contributed by atoms with E-state index in [1.165, 1.54) is 5.56 Å². The van der Waals surface area contributed by atoms with Crippen LogP contribution in [0.5, 0.6) is 0 Å². The highest BCUT2D eigenvalue weighted by atomic mass is 16.7. The lowest BCUT2D eigenvalue weighted by Gasteiger charge is -2.39. The van der Waals surface area contributed by atoms with Crippen LogP contribution in [0.15, 0.2) is 30.3 Å². The Morgan fingerprint density at radius 2 is 1.95 bits per heavy atom. The Kier molecular flexibility index (Phi) is 3.84. The average molecular weight is 263 g/mol. The van der Waals surface area contributed by atoms with Gasteiger partial charge in [-0.3, -0.25) is 0 Å². The van der Waals surface area contributed by atoms with E-state index in [-0.39, 0.29) is 12.1 Å². The summed E-state index contributed by atoms with van der Waals surface area (Å²) in [4.78, 5) is 0. The van der Waals surface area contributed by atoms with Crippen LogP contribution >= 0.6 is 0 Å². The molecule has 3 rings (SSSR count). The zero-order chi connectivity index (χ0) is 13.1. The molecule has 1 aromatic rings. The van der Waals surface area contributed by atoms with Crippen LogP contribution in [0, 0.1) is 0 Å². The van der Waals surface area contributed by atoms with Crippen LogP contribution < -0.4 is 5.32 Å². The van der Waals surface area contributed by atoms with Crippen LogP contribution in [0.4, 0.5) is 0 Å². The maximum absolute atomic E-state index is 10.1. The molecule has 2 unspecified atom stereocenters. The SMILES string of the molecule is OC1CCC2(CC1NCc1ccccc1)OCCO2. The summed E-state index contributed by atoms with van der Waals surface area (Å²) in [5, 5.41) is 13.5. The van der Waals surface area contributed by atoms with Crippen molar-refractivity contribution >= 4 is 0 Å². The Morgan fingerprint density at radius 3 is 2.68 bits per heavy atom. The minimum absolute atomic E-state index is 0.0343. The van der Waals surface area contributed by atoms with E-state index < -0.39 is 5.79 Å². The quantitative estimate of drug-likeness (QED) is 0.866. The minimum atomic E-state index is -0.451. The van der Waals surface area contributed by atoms with Crippen molar-refractivity contribution in [3.8, 4) is 0 Å². The van der Waals surface area contributed by atoms with E-state index in [0.717, 1.165) is 25.8 Å². The van der Waals surface area contributed by atoms with E-state index in [4.69, 9.17) is 9.47 Å². The first-order valence-electron chi connectivity index (χ1n) is 7.01. The smallest absolute Gasteiger partial charge is 0.170 e. The van der Waals surface area contributed by atoms with Gasteiger partial charge in [0.25, 0.3) is 0 Å². The molecule has 1 saturated carbocycles. The Labute approximate surface area is 113 Å². The number of aliphatic hydroxyl groups is 1. The fourth-order valence-corrected chi connectivity index (χ4v) is 2.95. The van der Waals surface area contributed by atoms with Crippen LogP contribution in [0.3, 0.4) is 0 Å². The average Bonchev–Trinajstić information content (AvgIpc) is 2.90. The first-order valence-corrected chi connectivity index (χ1v) is 7.01. The van der Waals surface area contributed by atoms with Gasteiger partial charge in [-0.05, 0) is 12.0 Å². The molecule has 1 aliphatic carbocycles. The number of rotatable bonds is 3. The van der Waals surface area contributed by atoms with Crippen LogP contribution in [0.2, 0.25) is 0 Å². The molecule has 2 fully saturated rings. The van der Waals surface area contributed by atoms with Gasteiger partial charge in [0.05, 0.1) is 19.3 Å². The summed E-state index contributed by atoms with van der Waals surface area (Å²) in [7, 11) is 0. The molecule has 19 heavy (non-hydrogen) atoms. The van der Waals surface area contributed by atoms with E-state index in [2.05, 4.69) is 17.4 Å². The summed E-state index contributed by atoms with van der Waals surface area (Å²) in [6, 6.07) is 10.3. The Balaban J connectivity index is 1.59. The molecule has 0 radical (unpaired) electrons. The summed E-state index contributed by atoms with van der Waals surface area (Å²) in [5.74, 6) is -0.451. The molecule has 1 saturated heterocycles. The predicted octanol–water partition coefficient (Wildman–Crippen LogP) is 1.43. The molecule has 4 heteroatoms. The second kappa shape index (κ2) is 5.59. The summed E-state index contributed by atoms with van der Waals surface area (Å²) in [6.07, 6.45) is 1.92. The molecule has 1 spiro atoms. The van der Waals surface area contributed by atoms with E-state index in [1.807, 2.05) is 18.2 Å². The van der Waals surface area contributed by atoms with Crippen molar-refractivity contribution in [2.75, 3.05) is 13.2 Å². The van der Waals surface area contributed by atoms with Gasteiger partial charge in [-0.15, -0.1) is 0 Å². The van der Waals surface area contributed by atoms with Crippen molar-refractivity contribution in [3.63, 3.8) is 0 Å². The van der Waals surface area contributed by atoms with Gasteiger partial charge < -0.3 is 19.9 Å². The molecule has 0 aromatic heterocycles. The van der Waals surface area contributed by atoms with Crippen molar-refractivity contribution in [3.05, 3.63) is 35.9 Å². The second-order valence-electron chi connectivity index (χ2n) is 5.39. The van der Waals surface area contributed by atoms with Gasteiger partial charge >= 0.3 is 0 Å².